The lowest BCUT2D eigenvalue weighted by Crippen LogP contribution is -2.17. The van der Waals surface area contributed by atoms with Gasteiger partial charge in [0, 0.05) is 9.64 Å². The van der Waals surface area contributed by atoms with Crippen molar-refractivity contribution in [3.8, 4) is 17.2 Å². The van der Waals surface area contributed by atoms with Gasteiger partial charge in [-0.2, -0.15) is 5.10 Å². The molecule has 0 aliphatic rings. The van der Waals surface area contributed by atoms with Crippen LogP contribution in [0, 0.1) is 3.57 Å². The van der Waals surface area contributed by atoms with Crippen molar-refractivity contribution in [2.45, 2.75) is 0 Å². The van der Waals surface area contributed by atoms with Crippen LogP contribution in [0.1, 0.15) is 26.3 Å². The van der Waals surface area contributed by atoms with Gasteiger partial charge in [-0.25, -0.2) is 10.2 Å². The van der Waals surface area contributed by atoms with Gasteiger partial charge in [-0.05, 0) is 76.7 Å². The lowest BCUT2D eigenvalue weighted by molar-refractivity contribution is 0.0733. The predicted molar refractivity (Wildman–Crippen MR) is 115 cm³/mol. The molecule has 0 heterocycles. The largest absolute Gasteiger partial charge is 0.508 e. The average Bonchev–Trinajstić information content (AvgIpc) is 2.69. The van der Waals surface area contributed by atoms with Crippen molar-refractivity contribution in [1.29, 1.82) is 0 Å². The smallest absolute Gasteiger partial charge is 0.344 e. The van der Waals surface area contributed by atoms with E-state index in [2.05, 4.69) is 33.1 Å². The molecule has 0 unspecified atom stereocenters. The lowest BCUT2D eigenvalue weighted by atomic mass is 10.2. The third kappa shape index (κ3) is 5.32. The molecular weight excluding hydrogens is 487 g/mol. The number of hydrazone groups is 1. The summed E-state index contributed by atoms with van der Waals surface area (Å²) in [6, 6.07) is 17.3. The minimum Gasteiger partial charge on any atom is -0.508 e. The molecule has 0 bridgehead atoms. The van der Waals surface area contributed by atoms with E-state index in [1.807, 2.05) is 12.1 Å². The summed E-state index contributed by atoms with van der Waals surface area (Å²) in [6.07, 6.45) is 1.40. The van der Waals surface area contributed by atoms with Gasteiger partial charge in [-0.1, -0.05) is 12.1 Å². The van der Waals surface area contributed by atoms with Gasteiger partial charge in [0.05, 0.1) is 17.3 Å². The van der Waals surface area contributed by atoms with Crippen LogP contribution >= 0.6 is 22.6 Å². The number of ether oxygens (including phenoxy) is 1. The highest BCUT2D eigenvalue weighted by atomic mass is 127. The van der Waals surface area contributed by atoms with Crippen molar-refractivity contribution < 1.29 is 24.5 Å². The zero-order chi connectivity index (χ0) is 20.8. The van der Waals surface area contributed by atoms with Crippen LogP contribution in [0.5, 0.6) is 17.2 Å². The minimum absolute atomic E-state index is 0.0160. The van der Waals surface area contributed by atoms with Crippen LogP contribution in [0.3, 0.4) is 0 Å². The number of esters is 1. The molecule has 0 fully saturated rings. The molecule has 0 aliphatic heterocycles. The Morgan fingerprint density at radius 1 is 0.966 bits per heavy atom. The number of nitrogens with zero attached hydrogens (tertiary/aromatic N) is 1. The second kappa shape index (κ2) is 9.20. The number of hydrogen-bond acceptors (Lipinski definition) is 6. The van der Waals surface area contributed by atoms with E-state index in [1.165, 1.54) is 18.3 Å². The molecule has 0 radical (unpaired) electrons. The third-order valence-electron chi connectivity index (χ3n) is 3.79. The Morgan fingerprint density at radius 3 is 2.38 bits per heavy atom. The van der Waals surface area contributed by atoms with Gasteiger partial charge in [-0.3, -0.25) is 4.79 Å². The summed E-state index contributed by atoms with van der Waals surface area (Å²) in [7, 11) is 0. The van der Waals surface area contributed by atoms with Crippen molar-refractivity contribution in [3.05, 3.63) is 87.0 Å². The summed E-state index contributed by atoms with van der Waals surface area (Å²) >= 11 is 2.07. The summed E-state index contributed by atoms with van der Waals surface area (Å²) in [5, 5.41) is 22.7. The van der Waals surface area contributed by atoms with Crippen molar-refractivity contribution in [3.63, 3.8) is 0 Å². The first-order valence-electron chi connectivity index (χ1n) is 8.36. The molecule has 0 spiro atoms. The predicted octanol–water partition coefficient (Wildman–Crippen LogP) is 3.69. The maximum atomic E-state index is 12.2. The Bertz CT molecular complexity index is 1080. The summed E-state index contributed by atoms with van der Waals surface area (Å²) in [4.78, 5) is 24.2. The standard InChI is InChI=1S/C21H15IN2O5/c22-18-4-2-1-3-16(18)21(28)29-15-8-5-13(6-9-15)12-23-24-20(27)17-10-7-14(25)11-19(17)26/h1-12,25-26H,(H,24,27). The first-order chi connectivity index (χ1) is 13.9. The van der Waals surface area contributed by atoms with Crippen molar-refractivity contribution >= 4 is 40.7 Å². The van der Waals surface area contributed by atoms with E-state index in [9.17, 15) is 19.8 Å². The van der Waals surface area contributed by atoms with Crippen LogP contribution in [0.2, 0.25) is 0 Å². The minimum atomic E-state index is -0.623. The zero-order valence-corrected chi connectivity index (χ0v) is 17.0. The number of nitrogens with one attached hydrogen (secondary N) is 1. The highest BCUT2D eigenvalue weighted by molar-refractivity contribution is 14.1. The van der Waals surface area contributed by atoms with Crippen molar-refractivity contribution in [2.75, 3.05) is 0 Å². The number of hydrogen-bond donors (Lipinski definition) is 3. The molecule has 8 heteroatoms. The first kappa shape index (κ1) is 20.3. The van der Waals surface area contributed by atoms with E-state index >= 15 is 0 Å². The summed E-state index contributed by atoms with van der Waals surface area (Å²) < 4.78 is 6.15. The molecule has 1 amide bonds. The van der Waals surface area contributed by atoms with Crippen LogP contribution < -0.4 is 10.2 Å². The molecule has 3 aromatic rings. The summed E-state index contributed by atoms with van der Waals surface area (Å²) in [6.45, 7) is 0. The number of carbonyl (C=O) groups excluding carboxylic acids is 2. The highest BCUT2D eigenvalue weighted by Crippen LogP contribution is 2.22. The van der Waals surface area contributed by atoms with E-state index in [0.29, 0.717) is 16.9 Å². The molecule has 3 aromatic carbocycles. The fourth-order valence-corrected chi connectivity index (χ4v) is 2.96. The van der Waals surface area contributed by atoms with E-state index in [1.54, 1.807) is 36.4 Å². The molecule has 0 saturated carbocycles. The Kier molecular flexibility index (Phi) is 6.45. The summed E-state index contributed by atoms with van der Waals surface area (Å²) in [5.41, 5.74) is 3.42. The van der Waals surface area contributed by atoms with E-state index in [-0.39, 0.29) is 17.1 Å². The number of amides is 1. The van der Waals surface area contributed by atoms with E-state index < -0.39 is 11.9 Å². The van der Waals surface area contributed by atoms with Gasteiger partial charge in [-0.15, -0.1) is 0 Å². The fraction of sp³-hybridized carbons (Fsp3) is 0. The van der Waals surface area contributed by atoms with Crippen LogP contribution in [-0.2, 0) is 0 Å². The molecule has 29 heavy (non-hydrogen) atoms. The molecule has 146 valence electrons. The number of benzene rings is 3. The van der Waals surface area contributed by atoms with Crippen molar-refractivity contribution in [2.24, 2.45) is 5.10 Å². The molecule has 3 rings (SSSR count). The van der Waals surface area contributed by atoms with Crippen LogP contribution in [0.25, 0.3) is 0 Å². The quantitative estimate of drug-likeness (QED) is 0.162. The van der Waals surface area contributed by atoms with Gasteiger partial charge in [0.15, 0.2) is 0 Å². The first-order valence-corrected chi connectivity index (χ1v) is 9.44. The Balaban J connectivity index is 1.59. The second-order valence-corrected chi connectivity index (χ2v) is 7.00. The maximum absolute atomic E-state index is 12.2. The third-order valence-corrected chi connectivity index (χ3v) is 4.73. The SMILES string of the molecule is O=C(NN=Cc1ccc(OC(=O)c2ccccc2I)cc1)c1ccc(O)cc1O. The zero-order valence-electron chi connectivity index (χ0n) is 14.9. The van der Waals surface area contributed by atoms with Crippen LogP contribution in [0.15, 0.2) is 71.8 Å². The number of carbonyl (C=O) groups is 2. The highest BCUT2D eigenvalue weighted by Gasteiger charge is 2.12. The lowest BCUT2D eigenvalue weighted by Gasteiger charge is -2.06. The molecule has 0 saturated heterocycles. The van der Waals surface area contributed by atoms with Gasteiger partial charge >= 0.3 is 5.97 Å². The number of phenols is 2. The van der Waals surface area contributed by atoms with Crippen LogP contribution in [0.4, 0.5) is 0 Å². The van der Waals surface area contributed by atoms with Crippen molar-refractivity contribution in [1.82, 2.24) is 5.43 Å². The number of rotatable bonds is 5. The molecule has 0 aliphatic carbocycles. The van der Waals surface area contributed by atoms with Gasteiger partial charge in [0.2, 0.25) is 0 Å². The topological polar surface area (TPSA) is 108 Å². The number of phenolic OH excluding ortho intramolecular Hbond substituents is 2. The van der Waals surface area contributed by atoms with Gasteiger partial charge < -0.3 is 14.9 Å². The molecule has 3 N–H and O–H groups in total. The van der Waals surface area contributed by atoms with E-state index in [4.69, 9.17) is 4.74 Å². The fourth-order valence-electron chi connectivity index (χ4n) is 2.35. The molecular formula is C21H15IN2O5. The molecule has 0 aromatic heterocycles. The van der Waals surface area contributed by atoms with Crippen LogP contribution in [-0.4, -0.2) is 28.3 Å². The van der Waals surface area contributed by atoms with Gasteiger partial charge in [0.25, 0.3) is 5.91 Å². The normalized spacial score (nSPS) is 10.7. The monoisotopic (exact) mass is 502 g/mol. The maximum Gasteiger partial charge on any atom is 0.344 e. The second-order valence-electron chi connectivity index (χ2n) is 5.84. The number of halogens is 1. The average molecular weight is 502 g/mol. The Morgan fingerprint density at radius 2 is 1.69 bits per heavy atom. The number of aromatic hydroxyl groups is 2. The Labute approximate surface area is 179 Å². The molecule has 0 atom stereocenters. The van der Waals surface area contributed by atoms with Gasteiger partial charge in [0.1, 0.15) is 17.2 Å². The Hall–Kier alpha value is -3.40. The molecule has 7 nitrogen and oxygen atoms in total. The summed E-state index contributed by atoms with van der Waals surface area (Å²) in [5.74, 6) is -1.19. The van der Waals surface area contributed by atoms with E-state index in [0.717, 1.165) is 9.64 Å².